The van der Waals surface area contributed by atoms with Crippen molar-refractivity contribution in [3.63, 3.8) is 0 Å². The van der Waals surface area contributed by atoms with Crippen LogP contribution < -0.4 is 5.32 Å². The molecule has 1 amide bonds. The predicted octanol–water partition coefficient (Wildman–Crippen LogP) is 4.31. The molecule has 0 saturated carbocycles. The summed E-state index contributed by atoms with van der Waals surface area (Å²) >= 11 is 1.45. The van der Waals surface area contributed by atoms with Crippen LogP contribution >= 0.6 is 11.3 Å². The molecule has 5 nitrogen and oxygen atoms in total. The number of benzene rings is 1. The molecule has 2 heterocycles. The first kappa shape index (κ1) is 15.7. The molecule has 2 N–H and O–H groups in total. The third-order valence-corrected chi connectivity index (χ3v) is 4.60. The molecule has 0 bridgehead atoms. The third-order valence-electron chi connectivity index (χ3n) is 3.70. The number of carbonyl (C=O) groups is 1. The molecule has 2 aromatic heterocycles. The number of nitrogens with one attached hydrogen (secondary N) is 2. The van der Waals surface area contributed by atoms with Crippen LogP contribution in [0.5, 0.6) is 0 Å². The largest absolute Gasteiger partial charge is 0.351 e. The summed E-state index contributed by atoms with van der Waals surface area (Å²) in [5.41, 5.74) is 2.66. The Hall–Kier alpha value is -2.21. The fraction of sp³-hybridized carbons (Fsp3) is 0.353. The van der Waals surface area contributed by atoms with E-state index in [9.17, 15) is 4.79 Å². The van der Waals surface area contributed by atoms with Crippen LogP contribution in [0.25, 0.3) is 10.9 Å². The van der Waals surface area contributed by atoms with Crippen molar-refractivity contribution in [1.29, 1.82) is 0 Å². The molecular formula is C17H20N4OS. The van der Waals surface area contributed by atoms with Crippen LogP contribution in [0.1, 0.15) is 47.2 Å². The lowest BCUT2D eigenvalue weighted by Crippen LogP contribution is -2.11. The van der Waals surface area contributed by atoms with Gasteiger partial charge in [-0.15, -0.1) is 10.2 Å². The van der Waals surface area contributed by atoms with Gasteiger partial charge in [-0.2, -0.15) is 0 Å². The van der Waals surface area contributed by atoms with E-state index in [1.807, 2.05) is 31.2 Å². The van der Waals surface area contributed by atoms with E-state index in [4.69, 9.17) is 0 Å². The number of anilines is 1. The van der Waals surface area contributed by atoms with Crippen molar-refractivity contribution in [3.8, 4) is 0 Å². The number of nitrogens with zero attached hydrogens (tertiary/aromatic N) is 2. The van der Waals surface area contributed by atoms with E-state index in [0.29, 0.717) is 10.8 Å². The Morgan fingerprint density at radius 1 is 1.26 bits per heavy atom. The molecule has 0 spiro atoms. The molecule has 120 valence electrons. The van der Waals surface area contributed by atoms with Gasteiger partial charge >= 0.3 is 0 Å². The zero-order valence-corrected chi connectivity index (χ0v) is 14.2. The van der Waals surface area contributed by atoms with Crippen molar-refractivity contribution in [2.45, 2.75) is 39.5 Å². The highest BCUT2D eigenvalue weighted by molar-refractivity contribution is 7.15. The molecule has 0 saturated heterocycles. The number of amides is 1. The molecule has 0 unspecified atom stereocenters. The molecule has 0 atom stereocenters. The van der Waals surface area contributed by atoms with Crippen LogP contribution in [0, 0.1) is 6.92 Å². The van der Waals surface area contributed by atoms with Gasteiger partial charge in [0.15, 0.2) is 0 Å². The monoisotopic (exact) mass is 328 g/mol. The topological polar surface area (TPSA) is 70.7 Å². The molecule has 6 heteroatoms. The standard InChI is InChI=1S/C17H20N4OS/c1-3-4-5-6-15-20-21-17(23-15)19-16(22)14-10-12-8-7-11(2)9-13(12)18-14/h7-10,18H,3-6H2,1-2H3,(H,19,21,22). The van der Waals surface area contributed by atoms with Crippen LogP contribution in [0.15, 0.2) is 24.3 Å². The maximum Gasteiger partial charge on any atom is 0.273 e. The summed E-state index contributed by atoms with van der Waals surface area (Å²) in [6.07, 6.45) is 4.41. The Kier molecular flexibility index (Phi) is 4.71. The Bertz CT molecular complexity index is 821. The van der Waals surface area contributed by atoms with Crippen LogP contribution in [-0.4, -0.2) is 21.1 Å². The van der Waals surface area contributed by atoms with Crippen molar-refractivity contribution in [2.24, 2.45) is 0 Å². The number of fused-ring (bicyclic) bond motifs is 1. The van der Waals surface area contributed by atoms with Gasteiger partial charge in [-0.1, -0.05) is 43.2 Å². The first-order valence-corrected chi connectivity index (χ1v) is 8.70. The normalized spacial score (nSPS) is 11.0. The lowest BCUT2D eigenvalue weighted by atomic mass is 10.2. The number of unbranched alkanes of at least 4 members (excludes halogenated alkanes) is 2. The average Bonchev–Trinajstić information content (AvgIpc) is 3.14. The second-order valence-electron chi connectivity index (χ2n) is 5.69. The van der Waals surface area contributed by atoms with Gasteiger partial charge in [-0.25, -0.2) is 0 Å². The number of hydrogen-bond acceptors (Lipinski definition) is 4. The number of hydrogen-bond donors (Lipinski definition) is 2. The summed E-state index contributed by atoms with van der Waals surface area (Å²) in [5.74, 6) is -0.185. The van der Waals surface area contributed by atoms with Crippen molar-refractivity contribution in [2.75, 3.05) is 5.32 Å². The van der Waals surface area contributed by atoms with E-state index in [1.165, 1.54) is 24.2 Å². The highest BCUT2D eigenvalue weighted by Gasteiger charge is 2.12. The molecule has 23 heavy (non-hydrogen) atoms. The fourth-order valence-electron chi connectivity index (χ4n) is 2.46. The molecule has 0 aliphatic rings. The Morgan fingerprint density at radius 3 is 2.96 bits per heavy atom. The van der Waals surface area contributed by atoms with Crippen molar-refractivity contribution < 1.29 is 4.79 Å². The summed E-state index contributed by atoms with van der Waals surface area (Å²) in [5, 5.41) is 13.6. The minimum absolute atomic E-state index is 0.185. The molecule has 1 aromatic carbocycles. The van der Waals surface area contributed by atoms with Crippen molar-refractivity contribution in [1.82, 2.24) is 15.2 Å². The molecule has 0 aliphatic heterocycles. The lowest BCUT2D eigenvalue weighted by Gasteiger charge is -1.97. The van der Waals surface area contributed by atoms with Gasteiger partial charge in [0.25, 0.3) is 5.91 Å². The van der Waals surface area contributed by atoms with E-state index in [1.54, 1.807) is 0 Å². The summed E-state index contributed by atoms with van der Waals surface area (Å²) in [6.45, 7) is 4.20. The average molecular weight is 328 g/mol. The minimum Gasteiger partial charge on any atom is -0.351 e. The number of aryl methyl sites for hydroxylation is 2. The summed E-state index contributed by atoms with van der Waals surface area (Å²) in [7, 11) is 0. The predicted molar refractivity (Wildman–Crippen MR) is 94.1 cm³/mol. The van der Waals surface area contributed by atoms with Gasteiger partial charge in [0, 0.05) is 17.3 Å². The van der Waals surface area contributed by atoms with Crippen LogP contribution in [0.4, 0.5) is 5.13 Å². The Labute approximate surface area is 139 Å². The number of carbonyl (C=O) groups excluding carboxylic acids is 1. The SMILES string of the molecule is CCCCCc1nnc(NC(=O)c2cc3ccc(C)cc3[nH]2)s1. The molecule has 3 rings (SSSR count). The Balaban J connectivity index is 1.68. The zero-order chi connectivity index (χ0) is 16.2. The number of aromatic nitrogens is 3. The smallest absolute Gasteiger partial charge is 0.273 e. The Morgan fingerprint density at radius 2 is 2.13 bits per heavy atom. The molecule has 0 fully saturated rings. The number of H-pyrrole nitrogens is 1. The van der Waals surface area contributed by atoms with E-state index < -0.39 is 0 Å². The van der Waals surface area contributed by atoms with Crippen LogP contribution in [-0.2, 0) is 6.42 Å². The lowest BCUT2D eigenvalue weighted by molar-refractivity contribution is 0.102. The zero-order valence-electron chi connectivity index (χ0n) is 13.3. The van der Waals surface area contributed by atoms with Crippen molar-refractivity contribution >= 4 is 33.3 Å². The third kappa shape index (κ3) is 3.76. The summed E-state index contributed by atoms with van der Waals surface area (Å²) in [6, 6.07) is 7.93. The van der Waals surface area contributed by atoms with E-state index in [0.717, 1.165) is 34.3 Å². The molecule has 3 aromatic rings. The van der Waals surface area contributed by atoms with Gasteiger partial charge in [0.05, 0.1) is 0 Å². The number of aromatic amines is 1. The number of rotatable bonds is 6. The van der Waals surface area contributed by atoms with Gasteiger partial charge < -0.3 is 4.98 Å². The molecule has 0 radical (unpaired) electrons. The van der Waals surface area contributed by atoms with Gasteiger partial charge in [0.1, 0.15) is 10.7 Å². The van der Waals surface area contributed by atoms with Gasteiger partial charge in [-0.3, -0.25) is 10.1 Å². The van der Waals surface area contributed by atoms with E-state index in [-0.39, 0.29) is 5.91 Å². The van der Waals surface area contributed by atoms with Crippen LogP contribution in [0.2, 0.25) is 0 Å². The summed E-state index contributed by atoms with van der Waals surface area (Å²) < 4.78 is 0. The van der Waals surface area contributed by atoms with Gasteiger partial charge in [-0.05, 0) is 31.0 Å². The fourth-order valence-corrected chi connectivity index (χ4v) is 3.24. The maximum atomic E-state index is 12.3. The van der Waals surface area contributed by atoms with E-state index in [2.05, 4.69) is 27.4 Å². The first-order valence-electron chi connectivity index (χ1n) is 7.89. The summed E-state index contributed by atoms with van der Waals surface area (Å²) in [4.78, 5) is 15.5. The molecule has 0 aliphatic carbocycles. The highest BCUT2D eigenvalue weighted by atomic mass is 32.1. The van der Waals surface area contributed by atoms with Gasteiger partial charge in [0.2, 0.25) is 5.13 Å². The minimum atomic E-state index is -0.185. The first-order chi connectivity index (χ1) is 11.2. The second kappa shape index (κ2) is 6.91. The maximum absolute atomic E-state index is 12.3. The van der Waals surface area contributed by atoms with E-state index >= 15 is 0 Å². The molecular weight excluding hydrogens is 308 g/mol. The highest BCUT2D eigenvalue weighted by Crippen LogP contribution is 2.20. The second-order valence-corrected chi connectivity index (χ2v) is 6.75. The van der Waals surface area contributed by atoms with Crippen molar-refractivity contribution in [3.05, 3.63) is 40.5 Å². The van der Waals surface area contributed by atoms with Crippen LogP contribution in [0.3, 0.4) is 0 Å². The quantitative estimate of drug-likeness (QED) is 0.662.